The summed E-state index contributed by atoms with van der Waals surface area (Å²) in [6.45, 7) is 24.1. The van der Waals surface area contributed by atoms with Crippen LogP contribution in [0.1, 0.15) is 40.0 Å². The zero-order chi connectivity index (χ0) is 21.7. The van der Waals surface area contributed by atoms with Crippen LogP contribution in [0.5, 0.6) is 0 Å². The van der Waals surface area contributed by atoms with Crippen LogP contribution < -0.4 is 0 Å². The van der Waals surface area contributed by atoms with E-state index in [-0.39, 0.29) is 0 Å². The second kappa shape index (κ2) is 14.6. The van der Waals surface area contributed by atoms with Crippen LogP contribution >= 0.6 is 0 Å². The first-order valence-corrected chi connectivity index (χ1v) is 21.2. The molecule has 0 radical (unpaired) electrons. The zero-order valence-electron chi connectivity index (χ0n) is 20.8. The molecule has 0 saturated heterocycles. The van der Waals surface area contributed by atoms with E-state index in [0.29, 0.717) is 0 Å². The standard InChI is InChI=1S/C21H51BO3Si3/c1-10-23-26(4,5)19-13-16-22(17-14-20-27(6,7)24-11-2)18-15-21-28(8,9)25-12-3/h10-21H2,1-9H3. The van der Waals surface area contributed by atoms with Gasteiger partial charge in [-0.3, -0.25) is 0 Å². The molecule has 0 fully saturated rings. The van der Waals surface area contributed by atoms with Gasteiger partial charge in [-0.2, -0.15) is 0 Å². The summed E-state index contributed by atoms with van der Waals surface area (Å²) in [5.74, 6) is 0. The minimum Gasteiger partial charge on any atom is -0.418 e. The van der Waals surface area contributed by atoms with Crippen LogP contribution in [0.25, 0.3) is 0 Å². The van der Waals surface area contributed by atoms with E-state index in [0.717, 1.165) is 26.5 Å². The third-order valence-electron chi connectivity index (χ3n) is 5.78. The third-order valence-corrected chi connectivity index (χ3v) is 13.7. The van der Waals surface area contributed by atoms with Crippen molar-refractivity contribution >= 4 is 31.7 Å². The van der Waals surface area contributed by atoms with Crippen molar-refractivity contribution in [2.75, 3.05) is 19.8 Å². The quantitative estimate of drug-likeness (QED) is 0.206. The summed E-state index contributed by atoms with van der Waals surface area (Å²) < 4.78 is 18.1. The van der Waals surface area contributed by atoms with Gasteiger partial charge in [0.15, 0.2) is 25.0 Å². The largest absolute Gasteiger partial charge is 0.418 e. The third kappa shape index (κ3) is 15.4. The molecule has 0 heterocycles. The molecule has 0 rings (SSSR count). The molecule has 0 atom stereocenters. The Labute approximate surface area is 181 Å². The lowest BCUT2D eigenvalue weighted by molar-refractivity contribution is 0.328. The van der Waals surface area contributed by atoms with Crippen molar-refractivity contribution in [3.05, 3.63) is 0 Å². The molecule has 3 nitrogen and oxygen atoms in total. The van der Waals surface area contributed by atoms with Gasteiger partial charge in [0, 0.05) is 19.8 Å². The number of rotatable bonds is 18. The van der Waals surface area contributed by atoms with E-state index in [1.165, 1.54) is 56.4 Å². The highest BCUT2D eigenvalue weighted by atomic mass is 28.4. The van der Waals surface area contributed by atoms with Crippen molar-refractivity contribution in [1.82, 2.24) is 0 Å². The van der Waals surface area contributed by atoms with Crippen LogP contribution in [0.2, 0.25) is 76.4 Å². The highest BCUT2D eigenvalue weighted by molar-refractivity contribution is 6.72. The summed E-state index contributed by atoms with van der Waals surface area (Å²) in [7, 11) is -4.32. The summed E-state index contributed by atoms with van der Waals surface area (Å²) in [6.07, 6.45) is 8.12. The monoisotopic (exact) mass is 446 g/mol. The molecule has 0 spiro atoms. The predicted molar refractivity (Wildman–Crippen MR) is 136 cm³/mol. The molecule has 0 bridgehead atoms. The van der Waals surface area contributed by atoms with Gasteiger partial charge in [0.2, 0.25) is 0 Å². The van der Waals surface area contributed by atoms with E-state index in [1.807, 2.05) is 0 Å². The summed E-state index contributed by atoms with van der Waals surface area (Å²) in [5.41, 5.74) is 0. The second-order valence-corrected chi connectivity index (χ2v) is 23.0. The molecule has 0 N–H and O–H groups in total. The van der Waals surface area contributed by atoms with E-state index in [2.05, 4.69) is 60.1 Å². The normalized spacial score (nSPS) is 13.2. The lowest BCUT2D eigenvalue weighted by Crippen LogP contribution is -2.32. The first kappa shape index (κ1) is 28.6. The maximum absolute atomic E-state index is 6.03. The summed E-state index contributed by atoms with van der Waals surface area (Å²) >= 11 is 0. The molecule has 0 saturated carbocycles. The Kier molecular flexibility index (Phi) is 14.9. The Bertz CT molecular complexity index is 336. The van der Waals surface area contributed by atoms with Gasteiger partial charge < -0.3 is 13.3 Å². The lowest BCUT2D eigenvalue weighted by atomic mass is 9.41. The van der Waals surface area contributed by atoms with Crippen LogP contribution in [-0.2, 0) is 13.3 Å². The van der Waals surface area contributed by atoms with E-state index in [4.69, 9.17) is 13.3 Å². The van der Waals surface area contributed by atoms with Gasteiger partial charge in [-0.15, -0.1) is 0 Å². The van der Waals surface area contributed by atoms with E-state index in [1.54, 1.807) is 0 Å². The van der Waals surface area contributed by atoms with Gasteiger partial charge in [-0.25, -0.2) is 0 Å². The first-order valence-electron chi connectivity index (χ1n) is 11.9. The molecule has 0 aromatic rings. The highest BCUT2D eigenvalue weighted by Gasteiger charge is 2.26. The maximum atomic E-state index is 6.03. The van der Waals surface area contributed by atoms with Gasteiger partial charge in [-0.1, -0.05) is 38.2 Å². The van der Waals surface area contributed by atoms with E-state index < -0.39 is 25.0 Å². The predicted octanol–water partition coefficient (Wildman–Crippen LogP) is 7.38. The topological polar surface area (TPSA) is 27.7 Å². The van der Waals surface area contributed by atoms with Gasteiger partial charge in [0.1, 0.15) is 6.71 Å². The minimum atomic E-state index is -1.44. The molecule has 0 aliphatic carbocycles. The summed E-state index contributed by atoms with van der Waals surface area (Å²) in [6, 6.07) is 3.90. The molecular weight excluding hydrogens is 395 g/mol. The number of hydrogen-bond donors (Lipinski definition) is 0. The van der Waals surface area contributed by atoms with Crippen LogP contribution in [0.15, 0.2) is 0 Å². The smallest absolute Gasteiger partial charge is 0.186 e. The van der Waals surface area contributed by atoms with Crippen LogP contribution in [0, 0.1) is 0 Å². The van der Waals surface area contributed by atoms with Gasteiger partial charge in [-0.05, 0) is 78.2 Å². The van der Waals surface area contributed by atoms with Gasteiger partial charge in [0.05, 0.1) is 0 Å². The molecule has 0 aromatic carbocycles. The highest BCUT2D eigenvalue weighted by Crippen LogP contribution is 2.25. The minimum absolute atomic E-state index is 0.865. The van der Waals surface area contributed by atoms with Crippen molar-refractivity contribution in [1.29, 1.82) is 0 Å². The van der Waals surface area contributed by atoms with Crippen LogP contribution in [0.3, 0.4) is 0 Å². The summed E-state index contributed by atoms with van der Waals surface area (Å²) in [4.78, 5) is 0. The molecule has 0 aliphatic heterocycles. The maximum Gasteiger partial charge on any atom is 0.186 e. The Hall–Kier alpha value is 0.596. The molecular formula is C21H51BO3Si3. The first-order chi connectivity index (χ1) is 13.0. The van der Waals surface area contributed by atoms with Gasteiger partial charge in [0.25, 0.3) is 0 Å². The number of hydrogen-bond acceptors (Lipinski definition) is 3. The molecule has 0 aliphatic rings. The molecule has 0 amide bonds. The average molecular weight is 447 g/mol. The van der Waals surface area contributed by atoms with Gasteiger partial charge >= 0.3 is 0 Å². The average Bonchev–Trinajstić information content (AvgIpc) is 2.53. The van der Waals surface area contributed by atoms with Crippen molar-refractivity contribution in [2.24, 2.45) is 0 Å². The lowest BCUT2D eigenvalue weighted by Gasteiger charge is -2.25. The second-order valence-electron chi connectivity index (χ2n) is 10.1. The Balaban J connectivity index is 4.52. The van der Waals surface area contributed by atoms with Crippen molar-refractivity contribution in [2.45, 2.75) is 116 Å². The van der Waals surface area contributed by atoms with E-state index >= 15 is 0 Å². The Morgan fingerprint density at radius 2 is 0.750 bits per heavy atom. The van der Waals surface area contributed by atoms with E-state index in [9.17, 15) is 0 Å². The molecule has 28 heavy (non-hydrogen) atoms. The molecule has 0 unspecified atom stereocenters. The molecule has 7 heteroatoms. The van der Waals surface area contributed by atoms with Crippen LogP contribution in [0.4, 0.5) is 0 Å². The SMILES string of the molecule is CCO[Si](C)(C)CCCB(CCC[Si](C)(C)OCC)CCC[Si](C)(C)OCC. The Morgan fingerprint density at radius 3 is 0.964 bits per heavy atom. The van der Waals surface area contributed by atoms with Crippen molar-refractivity contribution < 1.29 is 13.3 Å². The van der Waals surface area contributed by atoms with Crippen molar-refractivity contribution in [3.63, 3.8) is 0 Å². The Morgan fingerprint density at radius 1 is 0.500 bits per heavy atom. The fourth-order valence-electron chi connectivity index (χ4n) is 4.27. The summed E-state index contributed by atoms with van der Waals surface area (Å²) in [5, 5.41) is 0. The molecule has 168 valence electrons. The van der Waals surface area contributed by atoms with Crippen molar-refractivity contribution in [3.8, 4) is 0 Å². The molecule has 0 aromatic heterocycles. The van der Waals surface area contributed by atoms with Crippen LogP contribution in [-0.4, -0.2) is 51.5 Å². The fraction of sp³-hybridized carbons (Fsp3) is 1.00. The fourth-order valence-corrected chi connectivity index (χ4v) is 10.2. The zero-order valence-corrected chi connectivity index (χ0v) is 23.8.